The molecular formula is C17H24BrNO2. The number of nitrogens with one attached hydrogen (secondary N) is 1. The zero-order valence-corrected chi connectivity index (χ0v) is 14.5. The van der Waals surface area contributed by atoms with Gasteiger partial charge >= 0.3 is 0 Å². The molecule has 0 saturated heterocycles. The Morgan fingerprint density at radius 3 is 2.67 bits per heavy atom. The highest BCUT2D eigenvalue weighted by Gasteiger charge is 2.26. The van der Waals surface area contributed by atoms with Gasteiger partial charge in [-0.2, -0.15) is 0 Å². The van der Waals surface area contributed by atoms with Crippen molar-refractivity contribution in [3.05, 3.63) is 22.2 Å². The second-order valence-electron chi connectivity index (χ2n) is 6.92. The van der Waals surface area contributed by atoms with Gasteiger partial charge in [0.1, 0.15) is 13.2 Å². The van der Waals surface area contributed by atoms with Crippen molar-refractivity contribution < 1.29 is 9.47 Å². The third-order valence-corrected chi connectivity index (χ3v) is 5.18. The molecule has 1 aliphatic heterocycles. The highest BCUT2D eigenvalue weighted by molar-refractivity contribution is 9.10. The number of halogens is 1. The van der Waals surface area contributed by atoms with E-state index in [9.17, 15) is 0 Å². The number of rotatable bonds is 3. The summed E-state index contributed by atoms with van der Waals surface area (Å²) >= 11 is 3.58. The van der Waals surface area contributed by atoms with E-state index in [0.29, 0.717) is 24.7 Å². The van der Waals surface area contributed by atoms with E-state index in [1.807, 2.05) is 0 Å². The van der Waals surface area contributed by atoms with E-state index >= 15 is 0 Å². The first-order valence-electron chi connectivity index (χ1n) is 7.85. The zero-order valence-electron chi connectivity index (χ0n) is 12.9. The Morgan fingerprint density at radius 1 is 1.19 bits per heavy atom. The maximum absolute atomic E-state index is 5.68. The average molecular weight is 354 g/mol. The lowest BCUT2D eigenvalue weighted by molar-refractivity contribution is 0.170. The maximum atomic E-state index is 5.68. The molecule has 0 aromatic heterocycles. The second kappa shape index (κ2) is 6.17. The summed E-state index contributed by atoms with van der Waals surface area (Å²) in [5.41, 5.74) is 1.77. The lowest BCUT2D eigenvalue weighted by Crippen LogP contribution is -2.35. The summed E-state index contributed by atoms with van der Waals surface area (Å²) in [4.78, 5) is 0. The molecule has 1 N–H and O–H groups in total. The van der Waals surface area contributed by atoms with Crippen LogP contribution < -0.4 is 14.8 Å². The summed E-state index contributed by atoms with van der Waals surface area (Å²) in [6, 6.07) is 4.87. The monoisotopic (exact) mass is 353 g/mol. The van der Waals surface area contributed by atoms with Crippen molar-refractivity contribution in [3.8, 4) is 11.5 Å². The van der Waals surface area contributed by atoms with E-state index in [2.05, 4.69) is 47.2 Å². The molecule has 1 aliphatic carbocycles. The van der Waals surface area contributed by atoms with Crippen molar-refractivity contribution in [2.45, 2.75) is 52.1 Å². The molecule has 1 fully saturated rings. The van der Waals surface area contributed by atoms with E-state index in [1.165, 1.54) is 31.2 Å². The topological polar surface area (TPSA) is 30.5 Å². The lowest BCUT2D eigenvalue weighted by atomic mass is 9.75. The standard InChI is InChI=1S/C17H24BrNO2/c1-17(2)5-3-13(4-6-17)19-11-12-9-14(18)16-15(10-12)20-7-8-21-16/h9-10,13,19H,3-8,11H2,1-2H3. The number of hydrogen-bond acceptors (Lipinski definition) is 3. The van der Waals surface area contributed by atoms with Gasteiger partial charge in [-0.3, -0.25) is 0 Å². The fourth-order valence-electron chi connectivity index (χ4n) is 3.13. The molecule has 3 nitrogen and oxygen atoms in total. The highest BCUT2D eigenvalue weighted by atomic mass is 79.9. The molecule has 116 valence electrons. The molecule has 0 bridgehead atoms. The van der Waals surface area contributed by atoms with Gasteiger partial charge in [-0.05, 0) is 64.7 Å². The van der Waals surface area contributed by atoms with Crippen molar-refractivity contribution in [1.29, 1.82) is 0 Å². The van der Waals surface area contributed by atoms with Crippen LogP contribution in [0.4, 0.5) is 0 Å². The van der Waals surface area contributed by atoms with Crippen molar-refractivity contribution in [1.82, 2.24) is 5.32 Å². The molecule has 1 aromatic rings. The molecule has 1 aromatic carbocycles. The SMILES string of the molecule is CC1(C)CCC(NCc2cc(Br)c3c(c2)OCCO3)CC1. The molecule has 1 saturated carbocycles. The van der Waals surface area contributed by atoms with E-state index in [0.717, 1.165) is 22.5 Å². The molecular weight excluding hydrogens is 330 g/mol. The Bertz CT molecular complexity index is 506. The number of hydrogen-bond donors (Lipinski definition) is 1. The fourth-order valence-corrected chi connectivity index (χ4v) is 3.74. The molecule has 2 aliphatic rings. The number of fused-ring (bicyclic) bond motifs is 1. The molecule has 0 unspecified atom stereocenters. The lowest BCUT2D eigenvalue weighted by Gasteiger charge is -2.34. The van der Waals surface area contributed by atoms with Crippen LogP contribution >= 0.6 is 15.9 Å². The van der Waals surface area contributed by atoms with Gasteiger partial charge in [0.25, 0.3) is 0 Å². The molecule has 0 spiro atoms. The largest absolute Gasteiger partial charge is 0.486 e. The van der Waals surface area contributed by atoms with Crippen LogP contribution in [0.15, 0.2) is 16.6 Å². The zero-order chi connectivity index (χ0) is 14.9. The van der Waals surface area contributed by atoms with Gasteiger partial charge in [0, 0.05) is 12.6 Å². The molecule has 21 heavy (non-hydrogen) atoms. The Morgan fingerprint density at radius 2 is 1.90 bits per heavy atom. The van der Waals surface area contributed by atoms with Crippen molar-refractivity contribution in [2.24, 2.45) is 5.41 Å². The Labute approximate surface area is 135 Å². The van der Waals surface area contributed by atoms with Crippen LogP contribution in [0.3, 0.4) is 0 Å². The quantitative estimate of drug-likeness (QED) is 0.879. The Kier molecular flexibility index (Phi) is 4.46. The van der Waals surface area contributed by atoms with Gasteiger partial charge in [0.15, 0.2) is 11.5 Å². The van der Waals surface area contributed by atoms with Crippen LogP contribution in [-0.2, 0) is 6.54 Å². The Hall–Kier alpha value is -0.740. The molecule has 0 atom stereocenters. The number of benzene rings is 1. The van der Waals surface area contributed by atoms with E-state index in [-0.39, 0.29) is 0 Å². The summed E-state index contributed by atoms with van der Waals surface area (Å²) in [5.74, 6) is 1.70. The predicted molar refractivity (Wildman–Crippen MR) is 88.0 cm³/mol. The minimum atomic E-state index is 0.526. The highest BCUT2D eigenvalue weighted by Crippen LogP contribution is 2.39. The maximum Gasteiger partial charge on any atom is 0.175 e. The van der Waals surface area contributed by atoms with Gasteiger partial charge in [-0.25, -0.2) is 0 Å². The van der Waals surface area contributed by atoms with Gasteiger partial charge in [0.2, 0.25) is 0 Å². The third kappa shape index (κ3) is 3.72. The van der Waals surface area contributed by atoms with Crippen molar-refractivity contribution in [2.75, 3.05) is 13.2 Å². The first-order valence-corrected chi connectivity index (χ1v) is 8.64. The molecule has 3 rings (SSSR count). The van der Waals surface area contributed by atoms with Crippen LogP contribution in [0.25, 0.3) is 0 Å². The predicted octanol–water partition coefficient (Wildman–Crippen LogP) is 4.28. The molecule has 1 heterocycles. The number of ether oxygens (including phenoxy) is 2. The summed E-state index contributed by atoms with van der Waals surface area (Å²) in [7, 11) is 0. The summed E-state index contributed by atoms with van der Waals surface area (Å²) in [6.07, 6.45) is 5.18. The van der Waals surface area contributed by atoms with Crippen LogP contribution in [0.2, 0.25) is 0 Å². The van der Waals surface area contributed by atoms with Gasteiger partial charge in [0.05, 0.1) is 4.47 Å². The minimum Gasteiger partial charge on any atom is -0.486 e. The summed E-state index contributed by atoms with van der Waals surface area (Å²) in [5, 5.41) is 3.69. The van der Waals surface area contributed by atoms with Gasteiger partial charge < -0.3 is 14.8 Å². The van der Waals surface area contributed by atoms with E-state index in [1.54, 1.807) is 0 Å². The van der Waals surface area contributed by atoms with Crippen molar-refractivity contribution >= 4 is 15.9 Å². The van der Waals surface area contributed by atoms with Gasteiger partial charge in [-0.1, -0.05) is 13.8 Å². The van der Waals surface area contributed by atoms with Crippen LogP contribution in [0.1, 0.15) is 45.1 Å². The smallest absolute Gasteiger partial charge is 0.175 e. The van der Waals surface area contributed by atoms with E-state index in [4.69, 9.17) is 9.47 Å². The van der Waals surface area contributed by atoms with Crippen molar-refractivity contribution in [3.63, 3.8) is 0 Å². The summed E-state index contributed by atoms with van der Waals surface area (Å²) in [6.45, 7) is 6.90. The van der Waals surface area contributed by atoms with Crippen LogP contribution in [0.5, 0.6) is 11.5 Å². The normalized spacial score (nSPS) is 21.3. The van der Waals surface area contributed by atoms with Crippen LogP contribution in [0, 0.1) is 5.41 Å². The second-order valence-corrected chi connectivity index (χ2v) is 7.78. The fraction of sp³-hybridized carbons (Fsp3) is 0.647. The molecule has 4 heteroatoms. The van der Waals surface area contributed by atoms with Gasteiger partial charge in [-0.15, -0.1) is 0 Å². The molecule has 0 amide bonds. The third-order valence-electron chi connectivity index (χ3n) is 4.59. The van der Waals surface area contributed by atoms with Crippen LogP contribution in [-0.4, -0.2) is 19.3 Å². The minimum absolute atomic E-state index is 0.526. The first kappa shape index (κ1) is 15.2. The average Bonchev–Trinajstić information content (AvgIpc) is 2.46. The first-order chi connectivity index (χ1) is 10.0. The Balaban J connectivity index is 1.60. The molecule has 0 radical (unpaired) electrons. The van der Waals surface area contributed by atoms with E-state index < -0.39 is 0 Å². The summed E-state index contributed by atoms with van der Waals surface area (Å²) < 4.78 is 12.3.